The molecule has 6 rings (SSSR count). The van der Waals surface area contributed by atoms with Crippen molar-refractivity contribution in [3.8, 4) is 5.75 Å². The van der Waals surface area contributed by atoms with E-state index in [1.165, 1.54) is 0 Å². The zero-order chi connectivity index (χ0) is 28.6. The predicted molar refractivity (Wildman–Crippen MR) is 155 cm³/mol. The number of nitrogens with zero attached hydrogens (tertiary/aromatic N) is 2. The summed E-state index contributed by atoms with van der Waals surface area (Å²) in [7, 11) is -3.86. The first-order valence-corrected chi connectivity index (χ1v) is 15.7. The molecule has 2 fully saturated rings. The fourth-order valence-electron chi connectivity index (χ4n) is 6.99. The quantitative estimate of drug-likeness (QED) is 0.474. The van der Waals surface area contributed by atoms with Crippen LogP contribution in [0.2, 0.25) is 0 Å². The maximum absolute atomic E-state index is 14.6. The Kier molecular flexibility index (Phi) is 7.23. The third-order valence-electron chi connectivity index (χ3n) is 9.08. The highest BCUT2D eigenvalue weighted by molar-refractivity contribution is 7.92. The summed E-state index contributed by atoms with van der Waals surface area (Å²) in [5.41, 5.74) is 8.22. The van der Waals surface area contributed by atoms with Gasteiger partial charge in [-0.2, -0.15) is 0 Å². The van der Waals surface area contributed by atoms with Gasteiger partial charge in [0, 0.05) is 25.6 Å². The molecule has 0 saturated carbocycles. The van der Waals surface area contributed by atoms with Crippen LogP contribution >= 0.6 is 0 Å². The number of urea groups is 1. The number of primary amides is 1. The molecule has 2 aliphatic heterocycles. The van der Waals surface area contributed by atoms with Gasteiger partial charge in [0.15, 0.2) is 9.84 Å². The number of hydrogen-bond donors (Lipinski definition) is 1. The van der Waals surface area contributed by atoms with Crippen LogP contribution in [0, 0.1) is 5.92 Å². The van der Waals surface area contributed by atoms with Crippen molar-refractivity contribution < 1.29 is 22.7 Å². The van der Waals surface area contributed by atoms with Crippen LogP contribution in [0.3, 0.4) is 0 Å². The minimum Gasteiger partial charge on any atom is -0.489 e. The summed E-state index contributed by atoms with van der Waals surface area (Å²) in [6.07, 6.45) is 2.59. The number of ether oxygens (including phenoxy) is 1. The molecule has 0 spiro atoms. The maximum atomic E-state index is 14.6. The zero-order valence-corrected chi connectivity index (χ0v) is 23.8. The molecule has 0 radical (unpaired) electrons. The molecule has 2 heterocycles. The Labute approximate surface area is 241 Å². The van der Waals surface area contributed by atoms with E-state index in [1.54, 1.807) is 29.2 Å². The molecule has 3 aromatic rings. The average Bonchev–Trinajstić information content (AvgIpc) is 3.42. The van der Waals surface area contributed by atoms with E-state index in [0.717, 1.165) is 16.7 Å². The van der Waals surface area contributed by atoms with Crippen LogP contribution < -0.4 is 10.5 Å². The van der Waals surface area contributed by atoms with Crippen LogP contribution in [-0.4, -0.2) is 55.8 Å². The molecule has 2 saturated heterocycles. The Morgan fingerprint density at radius 3 is 2.27 bits per heavy atom. The van der Waals surface area contributed by atoms with Gasteiger partial charge in [-0.25, -0.2) is 13.2 Å². The topological polar surface area (TPSA) is 110 Å². The van der Waals surface area contributed by atoms with Gasteiger partial charge in [-0.1, -0.05) is 54.6 Å². The zero-order valence-electron chi connectivity index (χ0n) is 22.9. The molecule has 2 atom stereocenters. The number of nitrogens with two attached hydrogens (primary N) is 1. The second-order valence-corrected chi connectivity index (χ2v) is 13.4. The van der Waals surface area contributed by atoms with Gasteiger partial charge in [0.25, 0.3) is 0 Å². The molecular weight excluding hydrogens is 538 g/mol. The molecule has 1 aliphatic carbocycles. The Hall–Kier alpha value is -3.85. The van der Waals surface area contributed by atoms with Gasteiger partial charge in [-0.3, -0.25) is 4.79 Å². The van der Waals surface area contributed by atoms with Crippen LogP contribution in [0.4, 0.5) is 4.79 Å². The fourth-order valence-corrected chi connectivity index (χ4v) is 9.38. The van der Waals surface area contributed by atoms with Crippen LogP contribution in [0.25, 0.3) is 0 Å². The lowest BCUT2D eigenvalue weighted by molar-refractivity contribution is -0.138. The maximum Gasteiger partial charge on any atom is 0.314 e. The average molecular weight is 574 g/mol. The number of fused-ring (bicyclic) bond motifs is 3. The van der Waals surface area contributed by atoms with Gasteiger partial charge in [-0.15, -0.1) is 0 Å². The summed E-state index contributed by atoms with van der Waals surface area (Å²) in [6, 6.07) is 23.3. The van der Waals surface area contributed by atoms with Gasteiger partial charge >= 0.3 is 6.03 Å². The van der Waals surface area contributed by atoms with Gasteiger partial charge in [-0.05, 0) is 73.1 Å². The summed E-state index contributed by atoms with van der Waals surface area (Å²) >= 11 is 0. The van der Waals surface area contributed by atoms with E-state index < -0.39 is 26.7 Å². The standard InChI is InChI=1S/C32H35N3O5S/c33-31(37)34-18-15-24(16-19-34)30(36)35-20-17-32(41(38,39)27-9-5-2-6-10-27)28-13-12-26(21-25(28)11-14-29(32)35)40-22-23-7-3-1-4-8-23/h1-10,12-13,21,24,29H,11,14-20,22H2,(H2,33,37)/t29-,32-/m1/s1. The van der Waals surface area contributed by atoms with E-state index in [4.69, 9.17) is 10.5 Å². The highest BCUT2D eigenvalue weighted by Gasteiger charge is 2.61. The Morgan fingerprint density at radius 1 is 0.902 bits per heavy atom. The van der Waals surface area contributed by atoms with Crippen molar-refractivity contribution in [2.24, 2.45) is 11.7 Å². The van der Waals surface area contributed by atoms with Crippen molar-refractivity contribution in [3.05, 3.63) is 95.6 Å². The molecule has 214 valence electrons. The second kappa shape index (κ2) is 10.9. The lowest BCUT2D eigenvalue weighted by Gasteiger charge is -2.43. The molecule has 3 aliphatic rings. The molecule has 9 heteroatoms. The van der Waals surface area contributed by atoms with Crippen molar-refractivity contribution in [2.75, 3.05) is 19.6 Å². The van der Waals surface area contributed by atoms with Crippen molar-refractivity contribution in [1.82, 2.24) is 9.80 Å². The molecule has 3 aromatic carbocycles. The third-order valence-corrected chi connectivity index (χ3v) is 11.6. The first-order valence-electron chi connectivity index (χ1n) is 14.3. The number of carbonyl (C=O) groups is 2. The number of piperidine rings is 1. The van der Waals surface area contributed by atoms with Gasteiger partial charge in [0.05, 0.1) is 10.9 Å². The molecule has 8 nitrogen and oxygen atoms in total. The molecule has 0 bridgehead atoms. The highest BCUT2D eigenvalue weighted by Crippen LogP contribution is 2.53. The Bertz CT molecular complexity index is 1540. The van der Waals surface area contributed by atoms with Crippen LogP contribution in [0.1, 0.15) is 42.4 Å². The summed E-state index contributed by atoms with van der Waals surface area (Å²) in [4.78, 5) is 29.2. The molecule has 2 N–H and O–H groups in total. The number of carbonyl (C=O) groups excluding carboxylic acids is 2. The fraction of sp³-hybridized carbons (Fsp3) is 0.375. The second-order valence-electron chi connectivity index (χ2n) is 11.2. The highest BCUT2D eigenvalue weighted by atomic mass is 32.2. The predicted octanol–water partition coefficient (Wildman–Crippen LogP) is 4.27. The van der Waals surface area contributed by atoms with Gasteiger partial charge in [0.1, 0.15) is 17.1 Å². The van der Waals surface area contributed by atoms with E-state index in [0.29, 0.717) is 64.1 Å². The van der Waals surface area contributed by atoms with E-state index in [-0.39, 0.29) is 16.7 Å². The number of benzene rings is 3. The number of hydrogen-bond acceptors (Lipinski definition) is 5. The summed E-state index contributed by atoms with van der Waals surface area (Å²) in [5.74, 6) is 0.428. The van der Waals surface area contributed by atoms with Crippen molar-refractivity contribution >= 4 is 21.8 Å². The summed E-state index contributed by atoms with van der Waals surface area (Å²) in [5, 5.41) is 0. The van der Waals surface area contributed by atoms with Crippen LogP contribution in [0.15, 0.2) is 83.8 Å². The monoisotopic (exact) mass is 573 g/mol. The van der Waals surface area contributed by atoms with E-state index in [1.807, 2.05) is 59.5 Å². The van der Waals surface area contributed by atoms with Crippen LogP contribution in [-0.2, 0) is 32.4 Å². The third kappa shape index (κ3) is 4.76. The van der Waals surface area contributed by atoms with Gasteiger partial charge in [0.2, 0.25) is 5.91 Å². The minimum absolute atomic E-state index is 0.0180. The lowest BCUT2D eigenvalue weighted by Crippen LogP contribution is -2.54. The molecule has 0 unspecified atom stereocenters. The van der Waals surface area contributed by atoms with E-state index >= 15 is 0 Å². The van der Waals surface area contributed by atoms with E-state index in [2.05, 4.69) is 0 Å². The Balaban J connectivity index is 1.34. The van der Waals surface area contributed by atoms with Crippen molar-refractivity contribution in [3.63, 3.8) is 0 Å². The molecule has 0 aromatic heterocycles. The van der Waals surface area contributed by atoms with Crippen molar-refractivity contribution in [1.29, 1.82) is 0 Å². The summed E-state index contributed by atoms with van der Waals surface area (Å²) < 4.78 is 34.0. The number of likely N-dealkylation sites (tertiary alicyclic amines) is 2. The normalized spacial score (nSPS) is 22.6. The van der Waals surface area contributed by atoms with Crippen molar-refractivity contribution in [2.45, 2.75) is 54.4 Å². The largest absolute Gasteiger partial charge is 0.489 e. The SMILES string of the molecule is NC(=O)N1CCC(C(=O)N2CC[C@@]3(S(=O)(=O)c4ccccc4)c4ccc(OCc5ccccc5)cc4CC[C@@H]23)CC1. The smallest absolute Gasteiger partial charge is 0.314 e. The lowest BCUT2D eigenvalue weighted by atomic mass is 9.78. The first-order chi connectivity index (χ1) is 19.8. The molecular formula is C32H35N3O5S. The Morgan fingerprint density at radius 2 is 1.59 bits per heavy atom. The molecule has 3 amide bonds. The number of aryl methyl sites for hydroxylation is 1. The minimum atomic E-state index is -3.86. The summed E-state index contributed by atoms with van der Waals surface area (Å²) in [6.45, 7) is 1.67. The number of rotatable bonds is 6. The first kappa shape index (κ1) is 27.3. The van der Waals surface area contributed by atoms with Gasteiger partial charge < -0.3 is 20.3 Å². The number of amides is 3. The number of sulfone groups is 1. The van der Waals surface area contributed by atoms with Crippen LogP contribution in [0.5, 0.6) is 5.75 Å². The van der Waals surface area contributed by atoms with E-state index in [9.17, 15) is 18.0 Å². The molecule has 41 heavy (non-hydrogen) atoms.